The van der Waals surface area contributed by atoms with Gasteiger partial charge in [0.2, 0.25) is 5.95 Å². The summed E-state index contributed by atoms with van der Waals surface area (Å²) in [5.41, 5.74) is 0. The minimum Gasteiger partial charge on any atom is -0.493 e. The summed E-state index contributed by atoms with van der Waals surface area (Å²) in [7, 11) is 1.52. The third-order valence-corrected chi connectivity index (χ3v) is 2.40. The van der Waals surface area contributed by atoms with Gasteiger partial charge in [0, 0.05) is 6.07 Å². The average molecular weight is 332 g/mol. The summed E-state index contributed by atoms with van der Waals surface area (Å²) < 4.78 is 18.6. The van der Waals surface area contributed by atoms with Gasteiger partial charge >= 0.3 is 0 Å². The SMILES string of the molecule is COc1c(I)cc(F)nc1Br. The summed E-state index contributed by atoms with van der Waals surface area (Å²) in [4.78, 5) is 3.53. The normalized spacial score (nSPS) is 9.82. The molecule has 5 heteroatoms. The summed E-state index contributed by atoms with van der Waals surface area (Å²) in [5.74, 6) is 0.0501. The van der Waals surface area contributed by atoms with Crippen molar-refractivity contribution >= 4 is 38.5 Å². The molecule has 60 valence electrons. The van der Waals surface area contributed by atoms with E-state index in [-0.39, 0.29) is 0 Å². The summed E-state index contributed by atoms with van der Waals surface area (Å²) in [5, 5.41) is 0. The molecule has 0 N–H and O–H groups in total. The lowest BCUT2D eigenvalue weighted by molar-refractivity contribution is 0.403. The van der Waals surface area contributed by atoms with Gasteiger partial charge in [0.05, 0.1) is 10.7 Å². The molecule has 0 atom stereocenters. The van der Waals surface area contributed by atoms with E-state index in [0.717, 1.165) is 0 Å². The zero-order chi connectivity index (χ0) is 8.43. The predicted molar refractivity (Wildman–Crippen MR) is 51.2 cm³/mol. The Labute approximate surface area is 85.4 Å². The number of ether oxygens (including phenoxy) is 1. The van der Waals surface area contributed by atoms with Crippen molar-refractivity contribution in [3.8, 4) is 5.75 Å². The molecule has 1 heterocycles. The van der Waals surface area contributed by atoms with Crippen LogP contribution in [0.2, 0.25) is 0 Å². The van der Waals surface area contributed by atoms with Crippen molar-refractivity contribution in [2.45, 2.75) is 0 Å². The first-order chi connectivity index (χ1) is 5.15. The van der Waals surface area contributed by atoms with Gasteiger partial charge in [-0.15, -0.1) is 0 Å². The Hall–Kier alpha value is 0.0900. The maximum absolute atomic E-state index is 12.5. The molecule has 11 heavy (non-hydrogen) atoms. The van der Waals surface area contributed by atoms with Crippen molar-refractivity contribution < 1.29 is 9.13 Å². The van der Waals surface area contributed by atoms with Gasteiger partial charge in [-0.25, -0.2) is 4.98 Å². The van der Waals surface area contributed by atoms with Gasteiger partial charge in [-0.1, -0.05) is 0 Å². The van der Waals surface area contributed by atoms with E-state index in [1.807, 2.05) is 22.6 Å². The van der Waals surface area contributed by atoms with Gasteiger partial charge in [-0.05, 0) is 38.5 Å². The van der Waals surface area contributed by atoms with Crippen molar-refractivity contribution in [3.63, 3.8) is 0 Å². The summed E-state index contributed by atoms with van der Waals surface area (Å²) in [6.45, 7) is 0. The van der Waals surface area contributed by atoms with Crippen molar-refractivity contribution in [2.75, 3.05) is 7.11 Å². The molecule has 0 spiro atoms. The van der Waals surface area contributed by atoms with Gasteiger partial charge in [0.25, 0.3) is 0 Å². The number of hydrogen-bond acceptors (Lipinski definition) is 2. The molecule has 1 rings (SSSR count). The monoisotopic (exact) mass is 331 g/mol. The lowest BCUT2D eigenvalue weighted by Crippen LogP contribution is -1.93. The first-order valence-electron chi connectivity index (χ1n) is 2.70. The second-order valence-corrected chi connectivity index (χ2v) is 3.66. The molecule has 0 aliphatic heterocycles. The highest BCUT2D eigenvalue weighted by Crippen LogP contribution is 2.28. The lowest BCUT2D eigenvalue weighted by atomic mass is 10.4. The molecule has 1 aromatic rings. The van der Waals surface area contributed by atoms with Crippen LogP contribution >= 0.6 is 38.5 Å². The zero-order valence-electron chi connectivity index (χ0n) is 5.57. The van der Waals surface area contributed by atoms with Crippen LogP contribution in [0.15, 0.2) is 10.7 Å². The van der Waals surface area contributed by atoms with Crippen LogP contribution in [-0.2, 0) is 0 Å². The molecule has 0 saturated heterocycles. The lowest BCUT2D eigenvalue weighted by Gasteiger charge is -2.03. The Morgan fingerprint density at radius 2 is 2.36 bits per heavy atom. The predicted octanol–water partition coefficient (Wildman–Crippen LogP) is 2.60. The largest absolute Gasteiger partial charge is 0.493 e. The van der Waals surface area contributed by atoms with Crippen LogP contribution in [0.4, 0.5) is 4.39 Å². The molecule has 0 radical (unpaired) electrons. The third-order valence-electron chi connectivity index (χ3n) is 1.06. The Morgan fingerprint density at radius 1 is 1.73 bits per heavy atom. The van der Waals surface area contributed by atoms with Crippen molar-refractivity contribution in [1.82, 2.24) is 4.98 Å². The molecular formula is C6H4BrFINO. The fourth-order valence-electron chi connectivity index (χ4n) is 0.627. The van der Waals surface area contributed by atoms with Crippen LogP contribution in [0.25, 0.3) is 0 Å². The number of hydrogen-bond donors (Lipinski definition) is 0. The molecule has 2 nitrogen and oxygen atoms in total. The average Bonchev–Trinajstić information content (AvgIpc) is 1.85. The van der Waals surface area contributed by atoms with E-state index in [1.165, 1.54) is 13.2 Å². The van der Waals surface area contributed by atoms with Crippen LogP contribution in [0, 0.1) is 9.52 Å². The zero-order valence-corrected chi connectivity index (χ0v) is 9.31. The van der Waals surface area contributed by atoms with Crippen LogP contribution in [0.5, 0.6) is 5.75 Å². The van der Waals surface area contributed by atoms with E-state index in [4.69, 9.17) is 4.74 Å². The molecule has 0 saturated carbocycles. The topological polar surface area (TPSA) is 22.1 Å². The number of nitrogens with zero attached hydrogens (tertiary/aromatic N) is 1. The van der Waals surface area contributed by atoms with E-state index in [9.17, 15) is 4.39 Å². The Kier molecular flexibility index (Phi) is 3.06. The van der Waals surface area contributed by atoms with E-state index in [2.05, 4.69) is 20.9 Å². The van der Waals surface area contributed by atoms with Crippen molar-refractivity contribution in [2.24, 2.45) is 0 Å². The smallest absolute Gasteiger partial charge is 0.215 e. The van der Waals surface area contributed by atoms with Crippen molar-refractivity contribution in [1.29, 1.82) is 0 Å². The van der Waals surface area contributed by atoms with Crippen LogP contribution in [0.3, 0.4) is 0 Å². The molecular weight excluding hydrogens is 328 g/mol. The number of methoxy groups -OCH3 is 1. The number of rotatable bonds is 1. The summed E-state index contributed by atoms with van der Waals surface area (Å²) in [6, 6.07) is 1.31. The second kappa shape index (κ2) is 3.66. The fraction of sp³-hybridized carbons (Fsp3) is 0.167. The van der Waals surface area contributed by atoms with E-state index in [0.29, 0.717) is 13.9 Å². The van der Waals surface area contributed by atoms with E-state index < -0.39 is 5.95 Å². The third kappa shape index (κ3) is 2.02. The second-order valence-electron chi connectivity index (χ2n) is 1.75. The van der Waals surface area contributed by atoms with Gasteiger partial charge in [0.15, 0.2) is 10.4 Å². The van der Waals surface area contributed by atoms with Crippen molar-refractivity contribution in [3.05, 3.63) is 20.2 Å². The molecule has 0 fully saturated rings. The van der Waals surface area contributed by atoms with Gasteiger partial charge in [0.1, 0.15) is 0 Å². The number of pyridine rings is 1. The van der Waals surface area contributed by atoms with Crippen LogP contribution < -0.4 is 4.74 Å². The number of halogens is 3. The first kappa shape index (κ1) is 9.18. The molecule has 0 unspecified atom stereocenters. The Morgan fingerprint density at radius 3 is 2.82 bits per heavy atom. The van der Waals surface area contributed by atoms with Crippen LogP contribution in [0.1, 0.15) is 0 Å². The maximum atomic E-state index is 12.5. The molecule has 0 bridgehead atoms. The van der Waals surface area contributed by atoms with Crippen LogP contribution in [-0.4, -0.2) is 12.1 Å². The summed E-state index contributed by atoms with van der Waals surface area (Å²) in [6.07, 6.45) is 0. The van der Waals surface area contributed by atoms with E-state index in [1.54, 1.807) is 0 Å². The Bertz CT molecular complexity index is 258. The molecule has 0 aliphatic carbocycles. The first-order valence-corrected chi connectivity index (χ1v) is 4.58. The molecule has 0 amide bonds. The maximum Gasteiger partial charge on any atom is 0.215 e. The summed E-state index contributed by atoms with van der Waals surface area (Å²) >= 11 is 5.05. The standard InChI is InChI=1S/C6H4BrFINO/c1-11-5-3(9)2-4(8)10-6(5)7/h2H,1H3. The molecule has 0 aliphatic rings. The fourth-order valence-corrected chi connectivity index (χ4v) is 2.28. The van der Waals surface area contributed by atoms with Gasteiger partial charge < -0.3 is 4.74 Å². The minimum atomic E-state index is -0.512. The number of aromatic nitrogens is 1. The quantitative estimate of drug-likeness (QED) is 0.583. The highest BCUT2D eigenvalue weighted by molar-refractivity contribution is 14.1. The molecule has 1 aromatic heterocycles. The highest BCUT2D eigenvalue weighted by atomic mass is 127. The van der Waals surface area contributed by atoms with Gasteiger partial charge in [-0.2, -0.15) is 4.39 Å². The minimum absolute atomic E-state index is 0.393. The Balaban J connectivity index is 3.25. The van der Waals surface area contributed by atoms with E-state index >= 15 is 0 Å². The molecule has 0 aromatic carbocycles. The van der Waals surface area contributed by atoms with Gasteiger partial charge in [-0.3, -0.25) is 0 Å². The highest BCUT2D eigenvalue weighted by Gasteiger charge is 2.08.